The zero-order chi connectivity index (χ0) is 25.2. The molecule has 1 aromatic heterocycles. The van der Waals surface area contributed by atoms with Gasteiger partial charge in [-0.1, -0.05) is 24.2 Å². The van der Waals surface area contributed by atoms with Crippen molar-refractivity contribution < 1.29 is 37.5 Å². The lowest BCUT2D eigenvalue weighted by Gasteiger charge is -2.37. The zero-order valence-electron chi connectivity index (χ0n) is 19.4. The van der Waals surface area contributed by atoms with Crippen LogP contribution in [0.4, 0.5) is 13.2 Å². The maximum atomic E-state index is 13.6. The van der Waals surface area contributed by atoms with Crippen LogP contribution in [0.5, 0.6) is 0 Å². The molecule has 2 N–H and O–H groups in total. The Hall–Kier alpha value is -2.88. The summed E-state index contributed by atoms with van der Waals surface area (Å²) in [6, 6.07) is 4.95. The van der Waals surface area contributed by atoms with Crippen LogP contribution in [-0.4, -0.2) is 44.9 Å². The van der Waals surface area contributed by atoms with Gasteiger partial charge in [-0.3, -0.25) is 4.79 Å². The summed E-state index contributed by atoms with van der Waals surface area (Å²) >= 11 is 0. The van der Waals surface area contributed by atoms with Crippen molar-refractivity contribution >= 4 is 11.9 Å². The number of fused-ring (bicyclic) bond motifs is 1. The molecule has 1 fully saturated rings. The van der Waals surface area contributed by atoms with Crippen LogP contribution in [0.3, 0.4) is 0 Å². The molecule has 10 heteroatoms. The molecule has 1 aliphatic heterocycles. The fourth-order valence-electron chi connectivity index (χ4n) is 4.65. The molecule has 2 aromatic rings. The van der Waals surface area contributed by atoms with E-state index >= 15 is 0 Å². The summed E-state index contributed by atoms with van der Waals surface area (Å²) in [6.45, 7) is 5.82. The van der Waals surface area contributed by atoms with E-state index in [9.17, 15) is 33.0 Å². The number of aromatic carboxylic acids is 1. The number of carbonyl (C=O) groups is 2. The van der Waals surface area contributed by atoms with Gasteiger partial charge < -0.3 is 19.6 Å². The maximum absolute atomic E-state index is 13.6. The number of halogens is 3. The molecule has 1 amide bonds. The van der Waals surface area contributed by atoms with Crippen LogP contribution >= 0.6 is 0 Å². The number of carboxylic acid groups (broad SMARTS) is 1. The van der Waals surface area contributed by atoms with Gasteiger partial charge in [-0.05, 0) is 56.7 Å². The Kier molecular flexibility index (Phi) is 5.58. The average molecular weight is 480 g/mol. The SMILES string of the molecule is C[C@H]1CN(C(=O)C(C)(C)c2ccc(C(=O)O)c(C3CC3)c2)Cc2onc([C@@](C)(O)C(F)(F)F)c21. The third kappa shape index (κ3) is 3.87. The van der Waals surface area contributed by atoms with Crippen molar-refractivity contribution in [3.05, 3.63) is 51.9 Å². The molecule has 0 unspecified atom stereocenters. The van der Waals surface area contributed by atoms with Gasteiger partial charge in [0, 0.05) is 18.0 Å². The van der Waals surface area contributed by atoms with Crippen molar-refractivity contribution in [1.29, 1.82) is 0 Å². The predicted octanol–water partition coefficient (Wildman–Crippen LogP) is 4.44. The Labute approximate surface area is 194 Å². The Morgan fingerprint density at radius 2 is 1.82 bits per heavy atom. The Balaban J connectivity index is 1.63. The summed E-state index contributed by atoms with van der Waals surface area (Å²) < 4.78 is 45.3. The third-order valence-electron chi connectivity index (χ3n) is 6.98. The first-order chi connectivity index (χ1) is 15.7. The van der Waals surface area contributed by atoms with Crippen molar-refractivity contribution in [2.24, 2.45) is 0 Å². The van der Waals surface area contributed by atoms with Crippen LogP contribution < -0.4 is 0 Å². The van der Waals surface area contributed by atoms with E-state index in [1.165, 1.54) is 11.0 Å². The van der Waals surface area contributed by atoms with Gasteiger partial charge in [0.15, 0.2) is 5.76 Å². The Morgan fingerprint density at radius 1 is 1.18 bits per heavy atom. The normalized spacial score (nSPS) is 20.6. The molecule has 1 aliphatic carbocycles. The molecular weight excluding hydrogens is 453 g/mol. The molecule has 1 aromatic carbocycles. The molecule has 2 atom stereocenters. The number of aliphatic hydroxyl groups is 1. The quantitative estimate of drug-likeness (QED) is 0.656. The van der Waals surface area contributed by atoms with Gasteiger partial charge in [0.05, 0.1) is 17.5 Å². The number of hydrogen-bond donors (Lipinski definition) is 2. The first-order valence-electron chi connectivity index (χ1n) is 11.1. The first-order valence-corrected chi connectivity index (χ1v) is 11.1. The molecule has 1 saturated carbocycles. The monoisotopic (exact) mass is 480 g/mol. The number of hydrogen-bond acceptors (Lipinski definition) is 5. The molecule has 0 radical (unpaired) electrons. The number of aromatic nitrogens is 1. The van der Waals surface area contributed by atoms with Crippen molar-refractivity contribution in [2.75, 3.05) is 6.54 Å². The largest absolute Gasteiger partial charge is 0.478 e. The molecule has 7 nitrogen and oxygen atoms in total. The van der Waals surface area contributed by atoms with Crippen molar-refractivity contribution in [2.45, 2.75) is 76.1 Å². The number of carbonyl (C=O) groups excluding carboxylic acids is 1. The van der Waals surface area contributed by atoms with E-state index in [2.05, 4.69) is 5.16 Å². The van der Waals surface area contributed by atoms with Crippen LogP contribution in [0.15, 0.2) is 22.7 Å². The van der Waals surface area contributed by atoms with E-state index < -0.39 is 34.8 Å². The van der Waals surface area contributed by atoms with Gasteiger partial charge in [-0.25, -0.2) is 4.79 Å². The smallest absolute Gasteiger partial charge is 0.422 e. The fourth-order valence-corrected chi connectivity index (χ4v) is 4.65. The lowest BCUT2D eigenvalue weighted by atomic mass is 9.80. The summed E-state index contributed by atoms with van der Waals surface area (Å²) in [4.78, 5) is 26.7. The molecule has 2 heterocycles. The Morgan fingerprint density at radius 3 is 2.38 bits per heavy atom. The lowest BCUT2D eigenvalue weighted by Crippen LogP contribution is -2.47. The Bertz CT molecular complexity index is 1150. The highest BCUT2D eigenvalue weighted by molar-refractivity contribution is 5.91. The van der Waals surface area contributed by atoms with Crippen LogP contribution in [0.1, 0.15) is 90.9 Å². The van der Waals surface area contributed by atoms with E-state index in [0.29, 0.717) is 12.5 Å². The molecule has 184 valence electrons. The zero-order valence-corrected chi connectivity index (χ0v) is 19.4. The van der Waals surface area contributed by atoms with Gasteiger partial charge in [0.25, 0.3) is 0 Å². The first kappa shape index (κ1) is 24.3. The van der Waals surface area contributed by atoms with Crippen molar-refractivity contribution in [3.8, 4) is 0 Å². The minimum atomic E-state index is -4.94. The molecule has 0 spiro atoms. The summed E-state index contributed by atoms with van der Waals surface area (Å²) in [5.74, 6) is -1.54. The molecule has 0 saturated heterocycles. The summed E-state index contributed by atoms with van der Waals surface area (Å²) in [6.07, 6.45) is -3.13. The molecule has 34 heavy (non-hydrogen) atoms. The summed E-state index contributed by atoms with van der Waals surface area (Å²) in [5, 5.41) is 23.1. The predicted molar refractivity (Wildman–Crippen MR) is 114 cm³/mol. The van der Waals surface area contributed by atoms with Gasteiger partial charge >= 0.3 is 12.1 Å². The van der Waals surface area contributed by atoms with Gasteiger partial charge in [0.2, 0.25) is 11.5 Å². The van der Waals surface area contributed by atoms with Gasteiger partial charge in [0.1, 0.15) is 5.69 Å². The number of amides is 1. The maximum Gasteiger partial charge on any atom is 0.422 e. The number of benzene rings is 1. The van der Waals surface area contributed by atoms with Crippen LogP contribution in [0, 0.1) is 0 Å². The third-order valence-corrected chi connectivity index (χ3v) is 6.98. The fraction of sp³-hybridized carbons (Fsp3) is 0.542. The number of rotatable bonds is 5. The van der Waals surface area contributed by atoms with Crippen LogP contribution in [-0.2, 0) is 22.4 Å². The van der Waals surface area contributed by atoms with E-state index in [1.807, 2.05) is 0 Å². The van der Waals surface area contributed by atoms with Crippen LogP contribution in [0.2, 0.25) is 0 Å². The molecule has 4 rings (SSSR count). The topological polar surface area (TPSA) is 104 Å². The lowest BCUT2D eigenvalue weighted by molar-refractivity contribution is -0.261. The highest BCUT2D eigenvalue weighted by atomic mass is 19.4. The van der Waals surface area contributed by atoms with E-state index in [0.717, 1.165) is 18.4 Å². The second-order valence-corrected chi connectivity index (χ2v) is 10.0. The van der Waals surface area contributed by atoms with Gasteiger partial charge in [-0.15, -0.1) is 0 Å². The number of carboxylic acids is 1. The molecule has 2 aliphatic rings. The minimum Gasteiger partial charge on any atom is -0.478 e. The van der Waals surface area contributed by atoms with E-state index in [4.69, 9.17) is 4.52 Å². The van der Waals surface area contributed by atoms with E-state index in [1.54, 1.807) is 32.9 Å². The summed E-state index contributed by atoms with van der Waals surface area (Å²) in [5.41, 5.74) is -2.97. The summed E-state index contributed by atoms with van der Waals surface area (Å²) in [7, 11) is 0. The second kappa shape index (κ2) is 7.83. The van der Waals surface area contributed by atoms with Gasteiger partial charge in [-0.2, -0.15) is 13.2 Å². The second-order valence-electron chi connectivity index (χ2n) is 10.0. The highest BCUT2D eigenvalue weighted by Crippen LogP contribution is 2.45. The standard InChI is InChI=1S/C24H27F3N2O5/c1-12-10-29(11-17-18(12)19(28-34-17)23(4,33)24(25,26)27)21(32)22(2,3)14-7-8-15(20(30)31)16(9-14)13-5-6-13/h7-9,12-13,33H,5-6,10-11H2,1-4H3,(H,30,31)/t12-,23+/m0/s1. The van der Waals surface area contributed by atoms with Crippen molar-refractivity contribution in [1.82, 2.24) is 10.1 Å². The molecule has 0 bridgehead atoms. The molecular formula is C24H27F3N2O5. The number of alkyl halides is 3. The average Bonchev–Trinajstić information content (AvgIpc) is 3.49. The van der Waals surface area contributed by atoms with Crippen molar-refractivity contribution in [3.63, 3.8) is 0 Å². The highest BCUT2D eigenvalue weighted by Gasteiger charge is 2.55. The number of nitrogens with zero attached hydrogens (tertiary/aromatic N) is 2. The van der Waals surface area contributed by atoms with E-state index in [-0.39, 0.29) is 41.8 Å². The minimum absolute atomic E-state index is 0.0778. The van der Waals surface area contributed by atoms with Crippen LogP contribution in [0.25, 0.3) is 0 Å².